The summed E-state index contributed by atoms with van der Waals surface area (Å²) in [6.45, 7) is 2.44. The van der Waals surface area contributed by atoms with Gasteiger partial charge in [-0.3, -0.25) is 14.6 Å². The lowest BCUT2D eigenvalue weighted by Crippen LogP contribution is -2.27. The van der Waals surface area contributed by atoms with Gasteiger partial charge in [-0.25, -0.2) is 0 Å². The minimum atomic E-state index is -0.237. The molecule has 1 aliphatic carbocycles. The van der Waals surface area contributed by atoms with Gasteiger partial charge in [0.1, 0.15) is 0 Å². The predicted molar refractivity (Wildman–Crippen MR) is 92.1 cm³/mol. The van der Waals surface area contributed by atoms with Gasteiger partial charge in [-0.05, 0) is 36.6 Å². The Kier molecular flexibility index (Phi) is 4.89. The number of anilines is 1. The number of nitrogens with zero attached hydrogens (tertiary/aromatic N) is 1. The Morgan fingerprint density at radius 2 is 1.83 bits per heavy atom. The molecular weight excluding hydrogens is 302 g/mol. The number of pyridine rings is 1. The number of para-hydroxylation sites is 1. The van der Waals surface area contributed by atoms with E-state index in [4.69, 9.17) is 0 Å². The molecule has 1 heterocycles. The SMILES string of the molecule is CCc1ccccc1NC(=O)C1CC1C(=O)NCc1ccccn1. The van der Waals surface area contributed by atoms with E-state index in [9.17, 15) is 9.59 Å². The van der Waals surface area contributed by atoms with Crippen molar-refractivity contribution in [1.82, 2.24) is 10.3 Å². The molecule has 0 bridgehead atoms. The van der Waals surface area contributed by atoms with Crippen LogP contribution in [-0.2, 0) is 22.6 Å². The van der Waals surface area contributed by atoms with E-state index in [2.05, 4.69) is 22.5 Å². The van der Waals surface area contributed by atoms with Gasteiger partial charge in [-0.15, -0.1) is 0 Å². The summed E-state index contributed by atoms with van der Waals surface area (Å²) in [7, 11) is 0. The second-order valence-corrected chi connectivity index (χ2v) is 5.99. The summed E-state index contributed by atoms with van der Waals surface area (Å²) >= 11 is 0. The van der Waals surface area contributed by atoms with E-state index >= 15 is 0 Å². The van der Waals surface area contributed by atoms with Gasteiger partial charge in [0.2, 0.25) is 11.8 Å². The first-order valence-electron chi connectivity index (χ1n) is 8.25. The van der Waals surface area contributed by atoms with Crippen molar-refractivity contribution in [3.8, 4) is 0 Å². The normalized spacial score (nSPS) is 18.7. The van der Waals surface area contributed by atoms with Crippen molar-refractivity contribution in [1.29, 1.82) is 0 Å². The van der Waals surface area contributed by atoms with Crippen molar-refractivity contribution in [2.24, 2.45) is 11.8 Å². The number of carbonyl (C=O) groups is 2. The first kappa shape index (κ1) is 16.2. The Bertz CT molecular complexity index is 730. The summed E-state index contributed by atoms with van der Waals surface area (Å²) in [6.07, 6.45) is 3.16. The summed E-state index contributed by atoms with van der Waals surface area (Å²) in [5.41, 5.74) is 2.75. The minimum absolute atomic E-state index is 0.0751. The standard InChI is InChI=1S/C19H21N3O2/c1-2-13-7-3-4-9-17(13)22-19(24)16-11-15(16)18(23)21-12-14-8-5-6-10-20-14/h3-10,15-16H,2,11-12H2,1H3,(H,21,23)(H,22,24). The molecule has 0 aliphatic heterocycles. The Hall–Kier alpha value is -2.69. The van der Waals surface area contributed by atoms with E-state index in [1.165, 1.54) is 0 Å². The van der Waals surface area contributed by atoms with Crippen molar-refractivity contribution in [2.45, 2.75) is 26.3 Å². The second-order valence-electron chi connectivity index (χ2n) is 5.99. The number of rotatable bonds is 6. The maximum atomic E-state index is 12.3. The van der Waals surface area contributed by atoms with Gasteiger partial charge in [0.25, 0.3) is 0 Å². The van der Waals surface area contributed by atoms with Gasteiger partial charge in [0.15, 0.2) is 0 Å². The topological polar surface area (TPSA) is 71.1 Å². The van der Waals surface area contributed by atoms with E-state index < -0.39 is 0 Å². The van der Waals surface area contributed by atoms with Crippen LogP contribution >= 0.6 is 0 Å². The molecule has 1 saturated carbocycles. The zero-order valence-electron chi connectivity index (χ0n) is 13.7. The third-order valence-electron chi connectivity index (χ3n) is 4.29. The van der Waals surface area contributed by atoms with E-state index in [-0.39, 0.29) is 23.7 Å². The molecule has 2 amide bonds. The fourth-order valence-corrected chi connectivity index (χ4v) is 2.76. The first-order valence-corrected chi connectivity index (χ1v) is 8.25. The zero-order valence-corrected chi connectivity index (χ0v) is 13.7. The fourth-order valence-electron chi connectivity index (χ4n) is 2.76. The molecule has 3 rings (SSSR count). The van der Waals surface area contributed by atoms with Crippen LogP contribution in [0.3, 0.4) is 0 Å². The van der Waals surface area contributed by atoms with Gasteiger partial charge in [0.05, 0.1) is 24.1 Å². The maximum Gasteiger partial charge on any atom is 0.228 e. The van der Waals surface area contributed by atoms with Crippen LogP contribution in [0, 0.1) is 11.8 Å². The van der Waals surface area contributed by atoms with Crippen molar-refractivity contribution < 1.29 is 9.59 Å². The monoisotopic (exact) mass is 323 g/mol. The van der Waals surface area contributed by atoms with Crippen LogP contribution in [-0.4, -0.2) is 16.8 Å². The third kappa shape index (κ3) is 3.79. The first-order chi connectivity index (χ1) is 11.7. The van der Waals surface area contributed by atoms with E-state index in [0.717, 1.165) is 23.4 Å². The number of hydrogen-bond acceptors (Lipinski definition) is 3. The highest BCUT2D eigenvalue weighted by Gasteiger charge is 2.48. The molecule has 0 saturated heterocycles. The van der Waals surface area contributed by atoms with Crippen LogP contribution in [0.15, 0.2) is 48.7 Å². The molecule has 0 radical (unpaired) electrons. The number of benzene rings is 1. The number of nitrogens with one attached hydrogen (secondary N) is 2. The smallest absolute Gasteiger partial charge is 0.228 e. The van der Waals surface area contributed by atoms with Crippen molar-refractivity contribution in [3.63, 3.8) is 0 Å². The lowest BCUT2D eigenvalue weighted by atomic mass is 10.1. The average Bonchev–Trinajstić information content (AvgIpc) is 3.42. The molecule has 1 fully saturated rings. The molecule has 2 N–H and O–H groups in total. The van der Waals surface area contributed by atoms with Crippen LogP contribution in [0.2, 0.25) is 0 Å². The van der Waals surface area contributed by atoms with E-state index in [1.807, 2.05) is 42.5 Å². The summed E-state index contributed by atoms with van der Waals surface area (Å²) < 4.78 is 0. The zero-order chi connectivity index (χ0) is 16.9. The lowest BCUT2D eigenvalue weighted by molar-refractivity contribution is -0.125. The molecule has 2 atom stereocenters. The number of aryl methyl sites for hydroxylation is 1. The molecule has 24 heavy (non-hydrogen) atoms. The Morgan fingerprint density at radius 1 is 1.08 bits per heavy atom. The molecule has 1 aromatic carbocycles. The van der Waals surface area contributed by atoms with Crippen LogP contribution in [0.25, 0.3) is 0 Å². The molecule has 2 unspecified atom stereocenters. The van der Waals surface area contributed by atoms with Gasteiger partial charge in [-0.1, -0.05) is 31.2 Å². The molecule has 2 aromatic rings. The predicted octanol–water partition coefficient (Wildman–Crippen LogP) is 2.54. The molecule has 5 heteroatoms. The summed E-state index contributed by atoms with van der Waals surface area (Å²) in [4.78, 5) is 28.6. The van der Waals surface area contributed by atoms with E-state index in [0.29, 0.717) is 13.0 Å². The fraction of sp³-hybridized carbons (Fsp3) is 0.316. The summed E-state index contributed by atoms with van der Waals surface area (Å²) in [5.74, 6) is -0.625. The average molecular weight is 323 g/mol. The van der Waals surface area contributed by atoms with Crippen LogP contribution in [0.5, 0.6) is 0 Å². The quantitative estimate of drug-likeness (QED) is 0.858. The Balaban J connectivity index is 1.51. The maximum absolute atomic E-state index is 12.3. The highest BCUT2D eigenvalue weighted by Crippen LogP contribution is 2.39. The van der Waals surface area contributed by atoms with Gasteiger partial charge in [-0.2, -0.15) is 0 Å². The minimum Gasteiger partial charge on any atom is -0.350 e. The number of amides is 2. The van der Waals surface area contributed by atoms with E-state index in [1.54, 1.807) is 6.20 Å². The van der Waals surface area contributed by atoms with Gasteiger partial charge < -0.3 is 10.6 Å². The third-order valence-corrected chi connectivity index (χ3v) is 4.29. The molecule has 124 valence electrons. The largest absolute Gasteiger partial charge is 0.350 e. The molecule has 1 aromatic heterocycles. The highest BCUT2D eigenvalue weighted by molar-refractivity contribution is 5.99. The summed E-state index contributed by atoms with van der Waals surface area (Å²) in [6, 6.07) is 13.3. The Morgan fingerprint density at radius 3 is 2.58 bits per heavy atom. The van der Waals surface area contributed by atoms with Crippen molar-refractivity contribution in [2.75, 3.05) is 5.32 Å². The molecular formula is C19H21N3O2. The van der Waals surface area contributed by atoms with Crippen molar-refractivity contribution in [3.05, 3.63) is 59.9 Å². The Labute approximate surface area is 141 Å². The van der Waals surface area contributed by atoms with Crippen LogP contribution in [0.1, 0.15) is 24.6 Å². The summed E-state index contributed by atoms with van der Waals surface area (Å²) in [5, 5.41) is 5.80. The molecule has 5 nitrogen and oxygen atoms in total. The molecule has 1 aliphatic rings. The second kappa shape index (κ2) is 7.25. The molecule has 0 spiro atoms. The van der Waals surface area contributed by atoms with Crippen LogP contribution in [0.4, 0.5) is 5.69 Å². The highest BCUT2D eigenvalue weighted by atomic mass is 16.2. The number of aromatic nitrogens is 1. The van der Waals surface area contributed by atoms with Gasteiger partial charge >= 0.3 is 0 Å². The van der Waals surface area contributed by atoms with Gasteiger partial charge in [0, 0.05) is 11.9 Å². The van der Waals surface area contributed by atoms with Crippen LogP contribution < -0.4 is 10.6 Å². The number of carbonyl (C=O) groups excluding carboxylic acids is 2. The number of hydrogen-bond donors (Lipinski definition) is 2. The van der Waals surface area contributed by atoms with Crippen molar-refractivity contribution >= 4 is 17.5 Å². The lowest BCUT2D eigenvalue weighted by Gasteiger charge is -2.09.